The van der Waals surface area contributed by atoms with Crippen LogP contribution in [-0.2, 0) is 14.3 Å². The summed E-state index contributed by atoms with van der Waals surface area (Å²) < 4.78 is 5.88. The van der Waals surface area contributed by atoms with Gasteiger partial charge in [-0.25, -0.2) is 0 Å². The first kappa shape index (κ1) is 16.7. The van der Waals surface area contributed by atoms with E-state index in [1.165, 1.54) is 0 Å². The zero-order valence-corrected chi connectivity index (χ0v) is 15.2. The number of hydrogen-bond acceptors (Lipinski definition) is 7. The standard InChI is InChI=1S/C20H21N3O4/c1-10-15(21-11-6-4-3-5-7-11)18(26)14-12(9-24)20(27-2)19-13(22-19)8-23(20)16(14)17(10)25/h3-7,12-13,19,21-22,24H,8-9H2,1-2H3. The van der Waals surface area contributed by atoms with Crippen molar-refractivity contribution in [2.24, 2.45) is 5.92 Å². The Hall–Kier alpha value is -2.48. The van der Waals surface area contributed by atoms with E-state index in [2.05, 4.69) is 10.6 Å². The quantitative estimate of drug-likeness (QED) is 0.523. The molecule has 4 atom stereocenters. The topological polar surface area (TPSA) is 101 Å². The minimum Gasteiger partial charge on any atom is -0.396 e. The summed E-state index contributed by atoms with van der Waals surface area (Å²) in [6, 6.07) is 9.52. The summed E-state index contributed by atoms with van der Waals surface area (Å²) >= 11 is 0. The summed E-state index contributed by atoms with van der Waals surface area (Å²) in [6.07, 6.45) is 0. The molecule has 3 N–H and O–H groups in total. The second-order valence-electron chi connectivity index (χ2n) is 7.46. The average Bonchev–Trinajstić information content (AvgIpc) is 3.30. The molecular weight excluding hydrogens is 346 g/mol. The lowest BCUT2D eigenvalue weighted by Crippen LogP contribution is -2.54. The molecule has 3 aliphatic heterocycles. The van der Waals surface area contributed by atoms with Crippen molar-refractivity contribution in [2.45, 2.75) is 24.7 Å². The summed E-state index contributed by atoms with van der Waals surface area (Å²) in [6.45, 7) is 2.01. The monoisotopic (exact) mass is 367 g/mol. The number of hydrogen-bond donors (Lipinski definition) is 3. The van der Waals surface area contributed by atoms with Crippen LogP contribution in [0.15, 0.2) is 52.9 Å². The van der Waals surface area contributed by atoms with Gasteiger partial charge in [0.25, 0.3) is 0 Å². The van der Waals surface area contributed by atoms with E-state index in [1.807, 2.05) is 35.2 Å². The van der Waals surface area contributed by atoms with Gasteiger partial charge in [-0.1, -0.05) is 18.2 Å². The molecule has 4 aliphatic rings. The van der Waals surface area contributed by atoms with Gasteiger partial charge in [-0.05, 0) is 19.1 Å². The lowest BCUT2D eigenvalue weighted by Gasteiger charge is -2.39. The zero-order chi connectivity index (χ0) is 18.9. The maximum absolute atomic E-state index is 13.4. The van der Waals surface area contributed by atoms with Crippen LogP contribution in [0.1, 0.15) is 6.92 Å². The molecular formula is C20H21N3O4. The third kappa shape index (κ3) is 1.96. The molecule has 1 aromatic carbocycles. The maximum atomic E-state index is 13.4. The molecule has 1 aromatic rings. The number of carbonyl (C=O) groups excluding carboxylic acids is 2. The van der Waals surface area contributed by atoms with Gasteiger partial charge in [0.05, 0.1) is 30.0 Å². The van der Waals surface area contributed by atoms with Gasteiger partial charge in [-0.15, -0.1) is 0 Å². The maximum Gasteiger partial charge on any atom is 0.208 e. The number of nitrogens with one attached hydrogen (secondary N) is 2. The molecule has 0 spiro atoms. The number of nitrogens with zero attached hydrogens (tertiary/aromatic N) is 1. The van der Waals surface area contributed by atoms with Crippen LogP contribution in [-0.4, -0.2) is 59.6 Å². The molecule has 3 heterocycles. The molecule has 0 radical (unpaired) electrons. The highest BCUT2D eigenvalue weighted by Crippen LogP contribution is 2.55. The number of ketones is 2. The fourth-order valence-corrected chi connectivity index (χ4v) is 4.96. The second kappa shape index (κ2) is 5.51. The van der Waals surface area contributed by atoms with Crippen molar-refractivity contribution in [3.63, 3.8) is 0 Å². The van der Waals surface area contributed by atoms with Crippen LogP contribution >= 0.6 is 0 Å². The molecule has 7 heteroatoms. The molecule has 7 nitrogen and oxygen atoms in total. The smallest absolute Gasteiger partial charge is 0.208 e. The number of carbonyl (C=O) groups is 2. The number of aliphatic hydroxyl groups excluding tert-OH is 1. The number of allylic oxidation sites excluding steroid dienone is 2. The molecule has 2 saturated heterocycles. The van der Waals surface area contributed by atoms with Gasteiger partial charge in [-0.2, -0.15) is 0 Å². The fraction of sp³-hybridized carbons (Fsp3) is 0.400. The summed E-state index contributed by atoms with van der Waals surface area (Å²) in [5, 5.41) is 16.6. The van der Waals surface area contributed by atoms with Crippen LogP contribution in [0.4, 0.5) is 5.69 Å². The van der Waals surface area contributed by atoms with Crippen LogP contribution in [0.25, 0.3) is 0 Å². The van der Waals surface area contributed by atoms with Crippen molar-refractivity contribution in [2.75, 3.05) is 25.6 Å². The molecule has 4 unspecified atom stereocenters. The van der Waals surface area contributed by atoms with Gasteiger partial charge in [0.15, 0.2) is 5.72 Å². The van der Waals surface area contributed by atoms with Crippen molar-refractivity contribution in [1.82, 2.24) is 10.2 Å². The SMILES string of the molecule is COC12C(CO)C3=C(C(=O)C(C)=C(Nc4ccccc4)C3=O)N1CC1NC12. The van der Waals surface area contributed by atoms with Crippen LogP contribution in [0.2, 0.25) is 0 Å². The van der Waals surface area contributed by atoms with E-state index in [0.717, 1.165) is 5.69 Å². The Labute approximate surface area is 156 Å². The molecule has 5 rings (SSSR count). The van der Waals surface area contributed by atoms with Crippen molar-refractivity contribution in [3.8, 4) is 0 Å². The number of aliphatic hydroxyl groups is 1. The first-order valence-electron chi connectivity index (χ1n) is 9.10. The van der Waals surface area contributed by atoms with Gasteiger partial charge in [0, 0.05) is 36.5 Å². The first-order valence-corrected chi connectivity index (χ1v) is 9.10. The second-order valence-corrected chi connectivity index (χ2v) is 7.46. The minimum absolute atomic E-state index is 0.0108. The van der Waals surface area contributed by atoms with Crippen molar-refractivity contribution in [3.05, 3.63) is 52.9 Å². The average molecular weight is 367 g/mol. The van der Waals surface area contributed by atoms with E-state index >= 15 is 0 Å². The van der Waals surface area contributed by atoms with E-state index in [0.29, 0.717) is 23.4 Å². The Morgan fingerprint density at radius 2 is 2.04 bits per heavy atom. The number of benzene rings is 1. The molecule has 0 bridgehead atoms. The van der Waals surface area contributed by atoms with Crippen molar-refractivity contribution >= 4 is 17.3 Å². The molecule has 2 fully saturated rings. The van der Waals surface area contributed by atoms with Crippen LogP contribution < -0.4 is 10.6 Å². The summed E-state index contributed by atoms with van der Waals surface area (Å²) in [7, 11) is 1.58. The molecule has 27 heavy (non-hydrogen) atoms. The van der Waals surface area contributed by atoms with E-state index in [4.69, 9.17) is 4.74 Å². The number of Topliss-reactive ketones (excluding diaryl/α,β-unsaturated/α-hetero) is 2. The Morgan fingerprint density at radius 1 is 1.30 bits per heavy atom. The number of piperazine rings is 1. The normalized spacial score (nSPS) is 34.0. The third-order valence-corrected chi connectivity index (χ3v) is 6.26. The largest absolute Gasteiger partial charge is 0.396 e. The van der Waals surface area contributed by atoms with E-state index in [-0.39, 0.29) is 36.0 Å². The fourth-order valence-electron chi connectivity index (χ4n) is 4.96. The first-order chi connectivity index (χ1) is 13.0. The van der Waals surface area contributed by atoms with Gasteiger partial charge >= 0.3 is 0 Å². The van der Waals surface area contributed by atoms with E-state index in [1.54, 1.807) is 14.0 Å². The number of rotatable bonds is 4. The summed E-state index contributed by atoms with van der Waals surface area (Å²) in [5.41, 5.74) is 1.28. The highest BCUT2D eigenvalue weighted by Gasteiger charge is 2.72. The minimum atomic E-state index is -0.877. The Bertz CT molecular complexity index is 922. The van der Waals surface area contributed by atoms with Crippen LogP contribution in [0.5, 0.6) is 0 Å². The summed E-state index contributed by atoms with van der Waals surface area (Å²) in [4.78, 5) is 28.5. The Balaban J connectivity index is 1.59. The number of anilines is 1. The predicted octanol–water partition coefficient (Wildman–Crippen LogP) is 0.399. The summed E-state index contributed by atoms with van der Waals surface area (Å²) in [5.74, 6) is -0.991. The molecule has 1 aliphatic carbocycles. The molecule has 140 valence electrons. The molecule has 0 saturated carbocycles. The Morgan fingerprint density at radius 3 is 2.70 bits per heavy atom. The highest BCUT2D eigenvalue weighted by atomic mass is 16.5. The Kier molecular flexibility index (Phi) is 3.40. The molecule has 0 aromatic heterocycles. The molecule has 0 amide bonds. The van der Waals surface area contributed by atoms with Crippen LogP contribution in [0.3, 0.4) is 0 Å². The van der Waals surface area contributed by atoms with Gasteiger partial charge in [0.2, 0.25) is 11.6 Å². The predicted molar refractivity (Wildman–Crippen MR) is 97.5 cm³/mol. The van der Waals surface area contributed by atoms with Crippen molar-refractivity contribution in [1.29, 1.82) is 0 Å². The van der Waals surface area contributed by atoms with Gasteiger partial charge in [0.1, 0.15) is 0 Å². The third-order valence-electron chi connectivity index (χ3n) is 6.26. The number of methoxy groups -OCH3 is 1. The zero-order valence-electron chi connectivity index (χ0n) is 15.2. The number of fused-ring (bicyclic) bond motifs is 4. The van der Waals surface area contributed by atoms with Gasteiger partial charge in [-0.3, -0.25) is 9.59 Å². The van der Waals surface area contributed by atoms with Crippen molar-refractivity contribution < 1.29 is 19.4 Å². The van der Waals surface area contributed by atoms with Gasteiger partial charge < -0.3 is 25.4 Å². The highest BCUT2D eigenvalue weighted by molar-refractivity contribution is 6.26. The lowest BCUT2D eigenvalue weighted by molar-refractivity contribution is -0.137. The number of para-hydroxylation sites is 1. The number of ether oxygens (including phenoxy) is 1. The van der Waals surface area contributed by atoms with E-state index < -0.39 is 11.6 Å². The lowest BCUT2D eigenvalue weighted by atomic mass is 9.82. The van der Waals surface area contributed by atoms with Crippen LogP contribution in [0, 0.1) is 5.92 Å². The van der Waals surface area contributed by atoms with E-state index in [9.17, 15) is 14.7 Å².